The smallest absolute Gasteiger partial charge is 0.271 e. The van der Waals surface area contributed by atoms with Crippen molar-refractivity contribution in [2.24, 2.45) is 5.10 Å². The Kier molecular flexibility index (Phi) is 4.83. The topological polar surface area (TPSA) is 79.1 Å². The largest absolute Gasteiger partial charge is 0.321 e. The van der Waals surface area contributed by atoms with E-state index < -0.39 is 0 Å². The Balaban J connectivity index is 1.32. The van der Waals surface area contributed by atoms with Gasteiger partial charge in [0.25, 0.3) is 5.91 Å². The number of nitrogens with one attached hydrogen (secondary N) is 1. The van der Waals surface area contributed by atoms with Gasteiger partial charge in [-0.05, 0) is 36.8 Å². The Bertz CT molecular complexity index is 1290. The molecule has 0 aliphatic carbocycles. The molecule has 3 heterocycles. The lowest BCUT2D eigenvalue weighted by molar-refractivity contribution is -0.118. The molecule has 0 fully saturated rings. The number of hydrogen-bond acceptors (Lipinski definition) is 5. The lowest BCUT2D eigenvalue weighted by Crippen LogP contribution is -2.36. The summed E-state index contributed by atoms with van der Waals surface area (Å²) in [6.07, 6.45) is 4.51. The van der Waals surface area contributed by atoms with Crippen molar-refractivity contribution in [1.29, 1.82) is 0 Å². The van der Waals surface area contributed by atoms with E-state index >= 15 is 0 Å². The molecular weight excluding hydrogens is 410 g/mol. The van der Waals surface area contributed by atoms with Crippen molar-refractivity contribution < 1.29 is 9.59 Å². The molecule has 4 aromatic rings. The Labute approximate surface area is 182 Å². The quantitative estimate of drug-likeness (QED) is 0.519. The van der Waals surface area contributed by atoms with Gasteiger partial charge in [-0.3, -0.25) is 14.0 Å². The van der Waals surface area contributed by atoms with Crippen molar-refractivity contribution in [3.05, 3.63) is 71.9 Å². The molecule has 2 aromatic carbocycles. The Morgan fingerprint density at radius 3 is 2.74 bits per heavy atom. The molecule has 0 saturated heterocycles. The second kappa shape index (κ2) is 7.81. The Morgan fingerprint density at radius 1 is 1.13 bits per heavy atom. The van der Waals surface area contributed by atoms with Crippen molar-refractivity contribution in [2.75, 3.05) is 10.3 Å². The summed E-state index contributed by atoms with van der Waals surface area (Å²) in [7, 11) is 0. The lowest BCUT2D eigenvalue weighted by atomic mass is 10.1. The number of rotatable bonds is 4. The number of carbonyl (C=O) groups excluding carboxylic acids is 2. The number of fused-ring (bicyclic) bond motifs is 1. The number of carbonyl (C=O) groups is 2. The third kappa shape index (κ3) is 3.85. The molecule has 31 heavy (non-hydrogen) atoms. The van der Waals surface area contributed by atoms with Crippen molar-refractivity contribution >= 4 is 45.2 Å². The molecule has 1 N–H and O–H groups in total. The van der Waals surface area contributed by atoms with E-state index in [1.807, 2.05) is 77.6 Å². The number of thiazole rings is 1. The first kappa shape index (κ1) is 19.2. The van der Waals surface area contributed by atoms with Gasteiger partial charge in [0.05, 0.1) is 11.4 Å². The van der Waals surface area contributed by atoms with Crippen LogP contribution in [0.25, 0.3) is 16.2 Å². The van der Waals surface area contributed by atoms with Gasteiger partial charge in [-0.2, -0.15) is 5.10 Å². The molecule has 1 aliphatic heterocycles. The molecule has 8 heteroatoms. The zero-order chi connectivity index (χ0) is 21.4. The van der Waals surface area contributed by atoms with Gasteiger partial charge in [0.1, 0.15) is 5.71 Å². The average Bonchev–Trinajstić information content (AvgIpc) is 3.37. The highest BCUT2D eigenvalue weighted by atomic mass is 32.1. The van der Waals surface area contributed by atoms with Crippen LogP contribution in [0.1, 0.15) is 18.4 Å². The minimum Gasteiger partial charge on any atom is -0.321 e. The van der Waals surface area contributed by atoms with E-state index in [2.05, 4.69) is 15.4 Å². The minimum atomic E-state index is -0.305. The first-order chi connectivity index (χ1) is 15.1. The van der Waals surface area contributed by atoms with Crippen molar-refractivity contribution in [2.45, 2.75) is 19.8 Å². The van der Waals surface area contributed by atoms with E-state index in [1.165, 1.54) is 5.01 Å². The minimum absolute atomic E-state index is 0.119. The molecule has 0 spiro atoms. The van der Waals surface area contributed by atoms with Crippen molar-refractivity contribution in [3.63, 3.8) is 0 Å². The Morgan fingerprint density at radius 2 is 1.97 bits per heavy atom. The molecule has 0 radical (unpaired) electrons. The number of aryl methyl sites for hydroxylation is 1. The third-order valence-corrected chi connectivity index (χ3v) is 5.84. The van der Waals surface area contributed by atoms with Crippen LogP contribution in [-0.2, 0) is 9.59 Å². The fourth-order valence-electron chi connectivity index (χ4n) is 3.47. The van der Waals surface area contributed by atoms with Crippen LogP contribution >= 0.6 is 11.3 Å². The summed E-state index contributed by atoms with van der Waals surface area (Å²) in [5, 5.41) is 10.5. The fourth-order valence-corrected chi connectivity index (χ4v) is 4.17. The molecule has 0 saturated carbocycles. The second-order valence-electron chi connectivity index (χ2n) is 7.34. The number of anilines is 2. The van der Waals surface area contributed by atoms with Gasteiger partial charge < -0.3 is 5.32 Å². The van der Waals surface area contributed by atoms with Crippen LogP contribution in [0.3, 0.4) is 0 Å². The zero-order valence-corrected chi connectivity index (χ0v) is 17.6. The fraction of sp³-hybridized carbons (Fsp3) is 0.130. The maximum Gasteiger partial charge on any atom is 0.271 e. The summed E-state index contributed by atoms with van der Waals surface area (Å²) in [4.78, 5) is 30.6. The predicted octanol–water partition coefficient (Wildman–Crippen LogP) is 4.49. The van der Waals surface area contributed by atoms with Crippen LogP contribution in [0.2, 0.25) is 0 Å². The van der Waals surface area contributed by atoms with E-state index in [-0.39, 0.29) is 18.2 Å². The van der Waals surface area contributed by atoms with E-state index in [0.717, 1.165) is 21.8 Å². The number of hydrogen-bond donors (Lipinski definition) is 1. The highest BCUT2D eigenvalue weighted by molar-refractivity contribution is 7.15. The van der Waals surface area contributed by atoms with Gasteiger partial charge in [0.2, 0.25) is 5.91 Å². The van der Waals surface area contributed by atoms with Gasteiger partial charge in [0.15, 0.2) is 4.96 Å². The van der Waals surface area contributed by atoms with E-state index in [4.69, 9.17) is 0 Å². The molecule has 2 amide bonds. The summed E-state index contributed by atoms with van der Waals surface area (Å²) in [5.41, 5.74) is 4.54. The first-order valence-electron chi connectivity index (χ1n) is 9.88. The molecule has 5 rings (SSSR count). The maximum absolute atomic E-state index is 12.8. The summed E-state index contributed by atoms with van der Waals surface area (Å²) in [6, 6.07) is 15.0. The third-order valence-electron chi connectivity index (χ3n) is 5.07. The number of hydrazone groups is 1. The Hall–Kier alpha value is -3.78. The summed E-state index contributed by atoms with van der Waals surface area (Å²) in [6.45, 7) is 1.95. The van der Waals surface area contributed by atoms with E-state index in [0.29, 0.717) is 23.5 Å². The monoisotopic (exact) mass is 429 g/mol. The van der Waals surface area contributed by atoms with Gasteiger partial charge in [-0.15, -0.1) is 11.3 Å². The van der Waals surface area contributed by atoms with Gasteiger partial charge in [-0.25, -0.2) is 9.99 Å². The first-order valence-corrected chi connectivity index (χ1v) is 10.8. The molecular formula is C23H19N5O2S. The molecule has 154 valence electrons. The van der Waals surface area contributed by atoms with E-state index in [1.54, 1.807) is 11.3 Å². The number of benzene rings is 2. The molecule has 0 atom stereocenters. The van der Waals surface area contributed by atoms with Crippen LogP contribution < -0.4 is 10.3 Å². The molecule has 1 aliphatic rings. The van der Waals surface area contributed by atoms with Gasteiger partial charge >= 0.3 is 0 Å². The standard InChI is InChI=1S/C23H19N5O2S/c1-15-3-2-4-18(13-15)28-21(29)10-9-19(26-28)22(30)24-17-7-5-16(6-8-17)20-14-27-11-12-31-23(27)25-20/h2-8,11-14H,9-10H2,1H3,(H,24,30). The molecule has 0 unspecified atom stereocenters. The molecule has 0 bridgehead atoms. The highest BCUT2D eigenvalue weighted by Gasteiger charge is 2.25. The van der Waals surface area contributed by atoms with Crippen molar-refractivity contribution in [1.82, 2.24) is 9.38 Å². The summed E-state index contributed by atoms with van der Waals surface area (Å²) in [5.74, 6) is -0.424. The average molecular weight is 430 g/mol. The van der Waals surface area contributed by atoms with Crippen molar-refractivity contribution in [3.8, 4) is 11.3 Å². The van der Waals surface area contributed by atoms with Crippen LogP contribution in [0, 0.1) is 6.92 Å². The van der Waals surface area contributed by atoms with Gasteiger partial charge in [-0.1, -0.05) is 24.3 Å². The lowest BCUT2D eigenvalue weighted by Gasteiger charge is -2.23. The van der Waals surface area contributed by atoms with Crippen LogP contribution in [0.4, 0.5) is 11.4 Å². The van der Waals surface area contributed by atoms with Crippen LogP contribution in [0.15, 0.2) is 71.4 Å². The number of amides is 2. The van der Waals surface area contributed by atoms with Crippen LogP contribution in [0.5, 0.6) is 0 Å². The number of nitrogens with zero attached hydrogens (tertiary/aromatic N) is 4. The highest BCUT2D eigenvalue weighted by Crippen LogP contribution is 2.24. The molecule has 7 nitrogen and oxygen atoms in total. The SMILES string of the molecule is Cc1cccc(N2N=C(C(=O)Nc3ccc(-c4cn5ccsc5n4)cc3)CCC2=O)c1. The van der Waals surface area contributed by atoms with E-state index in [9.17, 15) is 9.59 Å². The second-order valence-corrected chi connectivity index (χ2v) is 8.21. The van der Waals surface area contributed by atoms with Crippen LogP contribution in [-0.4, -0.2) is 26.9 Å². The normalized spacial score (nSPS) is 14.0. The predicted molar refractivity (Wildman–Crippen MR) is 122 cm³/mol. The van der Waals surface area contributed by atoms with Gasteiger partial charge in [0, 0.05) is 41.9 Å². The number of aromatic nitrogens is 2. The summed E-state index contributed by atoms with van der Waals surface area (Å²) < 4.78 is 1.98. The number of imidazole rings is 1. The molecule has 2 aromatic heterocycles. The maximum atomic E-state index is 12.8. The zero-order valence-electron chi connectivity index (χ0n) is 16.8. The summed E-state index contributed by atoms with van der Waals surface area (Å²) >= 11 is 1.58.